The number of carbonyl (C=O) groups excluding carboxylic acids is 3. The number of nitrogens with zero attached hydrogens (tertiary/aromatic N) is 1. The van der Waals surface area contributed by atoms with Gasteiger partial charge >= 0.3 is 5.97 Å². The summed E-state index contributed by atoms with van der Waals surface area (Å²) in [4.78, 5) is 35.9. The minimum atomic E-state index is -0.961. The predicted octanol–water partition coefficient (Wildman–Crippen LogP) is 2.72. The molecular weight excluding hydrogens is 346 g/mol. The van der Waals surface area contributed by atoms with Gasteiger partial charge in [-0.25, -0.2) is 4.79 Å². The monoisotopic (exact) mass is 369 g/mol. The van der Waals surface area contributed by atoms with Gasteiger partial charge in [0.1, 0.15) is 0 Å². The number of benzene rings is 1. The zero-order chi connectivity index (χ0) is 19.7. The summed E-state index contributed by atoms with van der Waals surface area (Å²) in [6.45, 7) is 5.38. The lowest BCUT2D eigenvalue weighted by Crippen LogP contribution is -2.30. The lowest BCUT2D eigenvalue weighted by Gasteiger charge is -2.14. The van der Waals surface area contributed by atoms with Crippen molar-refractivity contribution in [3.05, 3.63) is 52.8 Å². The lowest BCUT2D eigenvalue weighted by atomic mass is 10.2. The van der Waals surface area contributed by atoms with E-state index >= 15 is 0 Å². The van der Waals surface area contributed by atoms with Crippen LogP contribution in [0, 0.1) is 13.8 Å². The van der Waals surface area contributed by atoms with Crippen LogP contribution in [0.2, 0.25) is 0 Å². The van der Waals surface area contributed by atoms with Crippen LogP contribution < -0.4 is 11.1 Å². The number of aryl methyl sites for hydroxylation is 1. The summed E-state index contributed by atoms with van der Waals surface area (Å²) >= 11 is 0. The Morgan fingerprint density at radius 1 is 1.19 bits per heavy atom. The van der Waals surface area contributed by atoms with Crippen molar-refractivity contribution in [3.63, 3.8) is 0 Å². The normalized spacial score (nSPS) is 14.5. The van der Waals surface area contributed by atoms with Gasteiger partial charge in [-0.3, -0.25) is 9.59 Å². The van der Waals surface area contributed by atoms with Crippen molar-refractivity contribution < 1.29 is 19.1 Å². The molecule has 1 aliphatic carbocycles. The van der Waals surface area contributed by atoms with E-state index < -0.39 is 23.9 Å². The molecular formula is C20H23N3O4. The molecule has 1 aromatic heterocycles. The number of hydrogen-bond acceptors (Lipinski definition) is 4. The van der Waals surface area contributed by atoms with Gasteiger partial charge in [-0.15, -0.1) is 0 Å². The minimum absolute atomic E-state index is 0.346. The molecule has 1 atom stereocenters. The molecule has 3 rings (SSSR count). The summed E-state index contributed by atoms with van der Waals surface area (Å²) in [5.41, 5.74) is 8.40. The van der Waals surface area contributed by atoms with Crippen LogP contribution in [0.5, 0.6) is 0 Å². The number of nitrogens with two attached hydrogens (primary N) is 1. The summed E-state index contributed by atoms with van der Waals surface area (Å²) in [6, 6.07) is 8.44. The molecule has 1 fully saturated rings. The van der Waals surface area contributed by atoms with E-state index in [1.807, 2.05) is 19.9 Å². The van der Waals surface area contributed by atoms with E-state index in [9.17, 15) is 14.4 Å². The van der Waals surface area contributed by atoms with E-state index in [0.717, 1.165) is 24.2 Å². The Hall–Kier alpha value is -3.09. The molecule has 2 aromatic rings. The zero-order valence-corrected chi connectivity index (χ0v) is 15.6. The Labute approximate surface area is 157 Å². The molecule has 1 aromatic carbocycles. The van der Waals surface area contributed by atoms with Gasteiger partial charge in [-0.2, -0.15) is 0 Å². The highest BCUT2D eigenvalue weighted by Gasteiger charge is 2.29. The number of anilines is 1. The molecule has 142 valence electrons. The van der Waals surface area contributed by atoms with Crippen LogP contribution in [0.4, 0.5) is 5.69 Å². The maximum absolute atomic E-state index is 12.5. The third-order valence-corrected chi connectivity index (χ3v) is 4.71. The molecule has 1 saturated carbocycles. The summed E-state index contributed by atoms with van der Waals surface area (Å²) in [5.74, 6) is -1.51. The average molecular weight is 369 g/mol. The standard InChI is InChI=1S/C20H23N3O4/c1-11-10-17(12(2)23(11)16-8-9-16)20(26)27-13(3)19(25)22-15-6-4-14(5-7-15)18(21)24/h4-7,10,13,16H,8-9H2,1-3H3,(H2,21,24)(H,22,25). The second kappa shape index (κ2) is 7.26. The Balaban J connectivity index is 1.63. The van der Waals surface area contributed by atoms with Crippen molar-refractivity contribution in [3.8, 4) is 0 Å². The molecule has 2 amide bonds. The third kappa shape index (κ3) is 4.02. The minimum Gasteiger partial charge on any atom is -0.449 e. The summed E-state index contributed by atoms with van der Waals surface area (Å²) in [6.07, 6.45) is 1.29. The van der Waals surface area contributed by atoms with Crippen LogP contribution in [0.3, 0.4) is 0 Å². The number of esters is 1. The number of hydrogen-bond donors (Lipinski definition) is 2. The molecule has 0 aliphatic heterocycles. The van der Waals surface area contributed by atoms with E-state index in [1.54, 1.807) is 12.1 Å². The first-order valence-corrected chi connectivity index (χ1v) is 8.88. The van der Waals surface area contributed by atoms with Crippen LogP contribution in [0.15, 0.2) is 30.3 Å². The molecule has 1 heterocycles. The maximum Gasteiger partial charge on any atom is 0.340 e. The number of ether oxygens (including phenoxy) is 1. The highest BCUT2D eigenvalue weighted by atomic mass is 16.5. The van der Waals surface area contributed by atoms with Crippen LogP contribution in [0.25, 0.3) is 0 Å². The van der Waals surface area contributed by atoms with Crippen molar-refractivity contribution in [2.45, 2.75) is 45.8 Å². The first-order chi connectivity index (χ1) is 12.8. The maximum atomic E-state index is 12.5. The molecule has 0 spiro atoms. The first-order valence-electron chi connectivity index (χ1n) is 8.88. The molecule has 27 heavy (non-hydrogen) atoms. The SMILES string of the molecule is Cc1cc(C(=O)OC(C)C(=O)Nc2ccc(C(N)=O)cc2)c(C)n1C1CC1. The summed E-state index contributed by atoms with van der Waals surface area (Å²) in [5, 5.41) is 2.65. The Kier molecular flexibility index (Phi) is 5.03. The first kappa shape index (κ1) is 18.7. The second-order valence-electron chi connectivity index (χ2n) is 6.86. The van der Waals surface area contributed by atoms with Crippen LogP contribution in [-0.2, 0) is 9.53 Å². The smallest absolute Gasteiger partial charge is 0.340 e. The number of carbonyl (C=O) groups is 3. The van der Waals surface area contributed by atoms with E-state index in [1.165, 1.54) is 19.1 Å². The summed E-state index contributed by atoms with van der Waals surface area (Å²) < 4.78 is 7.50. The van der Waals surface area contributed by atoms with Crippen LogP contribution in [0.1, 0.15) is 57.9 Å². The fourth-order valence-electron chi connectivity index (χ4n) is 3.12. The van der Waals surface area contributed by atoms with Crippen molar-refractivity contribution in [1.29, 1.82) is 0 Å². The van der Waals surface area contributed by atoms with Gasteiger partial charge in [0.2, 0.25) is 5.91 Å². The topological polar surface area (TPSA) is 103 Å². The van der Waals surface area contributed by atoms with Gasteiger partial charge in [-0.05, 0) is 63.9 Å². The quantitative estimate of drug-likeness (QED) is 0.764. The molecule has 0 bridgehead atoms. The number of primary amides is 1. The molecule has 1 unspecified atom stereocenters. The lowest BCUT2D eigenvalue weighted by molar-refractivity contribution is -0.123. The largest absolute Gasteiger partial charge is 0.449 e. The average Bonchev–Trinajstić information content (AvgIpc) is 3.40. The number of rotatable bonds is 6. The summed E-state index contributed by atoms with van der Waals surface area (Å²) in [7, 11) is 0. The highest BCUT2D eigenvalue weighted by Crippen LogP contribution is 2.38. The molecule has 3 N–H and O–H groups in total. The third-order valence-electron chi connectivity index (χ3n) is 4.71. The second-order valence-corrected chi connectivity index (χ2v) is 6.86. The number of nitrogens with one attached hydrogen (secondary N) is 1. The van der Waals surface area contributed by atoms with Crippen molar-refractivity contribution >= 4 is 23.5 Å². The van der Waals surface area contributed by atoms with Gasteiger partial charge in [-0.1, -0.05) is 0 Å². The fourth-order valence-corrected chi connectivity index (χ4v) is 3.12. The van der Waals surface area contributed by atoms with E-state index in [2.05, 4.69) is 9.88 Å². The van der Waals surface area contributed by atoms with Gasteiger partial charge in [0.05, 0.1) is 5.56 Å². The number of amides is 2. The van der Waals surface area contributed by atoms with Crippen molar-refractivity contribution in [2.75, 3.05) is 5.32 Å². The van der Waals surface area contributed by atoms with Crippen LogP contribution in [-0.4, -0.2) is 28.5 Å². The highest BCUT2D eigenvalue weighted by molar-refractivity contribution is 5.98. The van der Waals surface area contributed by atoms with Crippen LogP contribution >= 0.6 is 0 Å². The molecule has 0 saturated heterocycles. The predicted molar refractivity (Wildman–Crippen MR) is 101 cm³/mol. The van der Waals surface area contributed by atoms with E-state index in [-0.39, 0.29) is 0 Å². The zero-order valence-electron chi connectivity index (χ0n) is 15.6. The Morgan fingerprint density at radius 2 is 1.81 bits per heavy atom. The van der Waals surface area contributed by atoms with Gasteiger partial charge in [0.25, 0.3) is 5.91 Å². The van der Waals surface area contributed by atoms with E-state index in [0.29, 0.717) is 22.9 Å². The molecule has 7 heteroatoms. The molecule has 0 radical (unpaired) electrons. The Morgan fingerprint density at radius 3 is 2.37 bits per heavy atom. The van der Waals surface area contributed by atoms with Gasteiger partial charge < -0.3 is 20.4 Å². The van der Waals surface area contributed by atoms with Gasteiger partial charge in [0.15, 0.2) is 6.10 Å². The fraction of sp³-hybridized carbons (Fsp3) is 0.350. The Bertz CT molecular complexity index is 895. The van der Waals surface area contributed by atoms with E-state index in [4.69, 9.17) is 10.5 Å². The molecule has 1 aliphatic rings. The molecule has 7 nitrogen and oxygen atoms in total. The number of aromatic nitrogens is 1. The van der Waals surface area contributed by atoms with Crippen molar-refractivity contribution in [1.82, 2.24) is 4.57 Å². The van der Waals surface area contributed by atoms with Crippen molar-refractivity contribution in [2.24, 2.45) is 5.73 Å². The van der Waals surface area contributed by atoms with Gasteiger partial charge in [0, 0.05) is 28.7 Å².